The molecular formula is C30H33N5O5. The number of rotatable bonds is 9. The van der Waals surface area contributed by atoms with Crippen LogP contribution in [-0.4, -0.2) is 64.5 Å². The van der Waals surface area contributed by atoms with Crippen molar-refractivity contribution in [3.63, 3.8) is 0 Å². The number of likely N-dealkylation sites (tertiary alicyclic amines) is 1. The molecule has 3 heterocycles. The van der Waals surface area contributed by atoms with E-state index in [1.807, 2.05) is 54.6 Å². The number of amides is 4. The average molecular weight is 544 g/mol. The van der Waals surface area contributed by atoms with Gasteiger partial charge in [0.15, 0.2) is 0 Å². The molecule has 10 nitrogen and oxygen atoms in total. The highest BCUT2D eigenvalue weighted by Gasteiger charge is 2.38. The van der Waals surface area contributed by atoms with Gasteiger partial charge in [0.2, 0.25) is 17.6 Å². The van der Waals surface area contributed by atoms with Gasteiger partial charge in [-0.1, -0.05) is 48.5 Å². The van der Waals surface area contributed by atoms with Crippen LogP contribution in [0.4, 0.5) is 0 Å². The number of nitrogens with zero attached hydrogens (tertiary/aromatic N) is 1. The van der Waals surface area contributed by atoms with Crippen LogP contribution in [0.2, 0.25) is 0 Å². The maximum atomic E-state index is 13.6. The number of ketones is 1. The Morgan fingerprint density at radius 2 is 1.75 bits per heavy atom. The Bertz CT molecular complexity index is 1390. The second kappa shape index (κ2) is 12.1. The molecule has 2 aliphatic rings. The lowest BCUT2D eigenvalue weighted by Gasteiger charge is -2.35. The van der Waals surface area contributed by atoms with Crippen molar-refractivity contribution < 1.29 is 24.0 Å². The van der Waals surface area contributed by atoms with Gasteiger partial charge < -0.3 is 25.8 Å². The van der Waals surface area contributed by atoms with Crippen molar-refractivity contribution in [3.05, 3.63) is 71.9 Å². The topological polar surface area (TPSA) is 140 Å². The van der Waals surface area contributed by atoms with E-state index in [1.165, 1.54) is 4.90 Å². The Hall–Kier alpha value is -4.47. The smallest absolute Gasteiger partial charge is 0.289 e. The summed E-state index contributed by atoms with van der Waals surface area (Å²) < 4.78 is 0. The van der Waals surface area contributed by atoms with Crippen LogP contribution in [0.3, 0.4) is 0 Å². The summed E-state index contributed by atoms with van der Waals surface area (Å²) in [5.41, 5.74) is 2.04. The second-order valence-electron chi connectivity index (χ2n) is 10.4. The first-order chi connectivity index (χ1) is 19.4. The fourth-order valence-electron chi connectivity index (χ4n) is 5.47. The number of aromatic amines is 1. The van der Waals surface area contributed by atoms with E-state index in [2.05, 4.69) is 20.9 Å². The predicted octanol–water partition coefficient (Wildman–Crippen LogP) is 2.06. The molecule has 0 unspecified atom stereocenters. The van der Waals surface area contributed by atoms with Crippen molar-refractivity contribution in [2.75, 3.05) is 13.1 Å². The van der Waals surface area contributed by atoms with Gasteiger partial charge in [-0.25, -0.2) is 0 Å². The van der Waals surface area contributed by atoms with Crippen molar-refractivity contribution in [2.45, 2.75) is 50.7 Å². The normalized spacial score (nSPS) is 19.6. The van der Waals surface area contributed by atoms with E-state index in [0.717, 1.165) is 29.3 Å². The highest BCUT2D eigenvalue weighted by Crippen LogP contribution is 2.23. The Labute approximate surface area is 231 Å². The van der Waals surface area contributed by atoms with Crippen LogP contribution in [0.15, 0.2) is 60.7 Å². The number of para-hydroxylation sites is 1. The van der Waals surface area contributed by atoms with Crippen LogP contribution in [0.25, 0.3) is 10.9 Å². The lowest BCUT2D eigenvalue weighted by Crippen LogP contribution is -2.56. The zero-order valence-corrected chi connectivity index (χ0v) is 22.2. The molecule has 2 aliphatic heterocycles. The number of Topliss-reactive ketones (excluding diaryl/α,β-unsaturated/α-hetero) is 1. The van der Waals surface area contributed by atoms with Gasteiger partial charge in [0.05, 0.1) is 6.04 Å². The number of carbonyl (C=O) groups excluding carboxylic acids is 5. The highest BCUT2D eigenvalue weighted by molar-refractivity contribution is 6.38. The minimum absolute atomic E-state index is 0.0118. The molecule has 2 aromatic carbocycles. The molecule has 0 radical (unpaired) electrons. The first-order valence-electron chi connectivity index (χ1n) is 13.7. The van der Waals surface area contributed by atoms with E-state index in [4.69, 9.17) is 0 Å². The molecule has 3 aromatic rings. The molecule has 40 heavy (non-hydrogen) atoms. The van der Waals surface area contributed by atoms with Crippen molar-refractivity contribution in [1.82, 2.24) is 25.8 Å². The summed E-state index contributed by atoms with van der Waals surface area (Å²) in [6, 6.07) is 16.5. The van der Waals surface area contributed by atoms with Gasteiger partial charge in [-0.3, -0.25) is 24.0 Å². The van der Waals surface area contributed by atoms with Crippen LogP contribution in [0, 0.1) is 5.92 Å². The highest BCUT2D eigenvalue weighted by atomic mass is 16.2. The Kier molecular flexibility index (Phi) is 8.23. The molecular weight excluding hydrogens is 510 g/mol. The molecule has 1 aromatic heterocycles. The lowest BCUT2D eigenvalue weighted by atomic mass is 9.94. The molecule has 4 amide bonds. The summed E-state index contributed by atoms with van der Waals surface area (Å²) >= 11 is 0. The first kappa shape index (κ1) is 27.1. The fourth-order valence-corrected chi connectivity index (χ4v) is 5.47. The maximum Gasteiger partial charge on any atom is 0.289 e. The number of hydrogen-bond donors (Lipinski definition) is 4. The standard InChI is InChI=1S/C30H33N5O5/c36-26(29(39)32-18-19-8-2-1-3-9-19)23(17-21-13-14-31-27(21)37)34-28(38)25-12-6-7-15-35(25)30(40)24-16-20-10-4-5-11-22(20)33-24/h1-5,8-11,16,21,23,25,33H,6-7,12-15,17-18H2,(H,31,37)(H,32,39)(H,34,38)/t21-,23-,25-/m0/s1. The third kappa shape index (κ3) is 6.06. The second-order valence-corrected chi connectivity index (χ2v) is 10.4. The van der Waals surface area contributed by atoms with Gasteiger partial charge in [-0.15, -0.1) is 0 Å². The monoisotopic (exact) mass is 543 g/mol. The van der Waals surface area contributed by atoms with Crippen LogP contribution in [0.5, 0.6) is 0 Å². The van der Waals surface area contributed by atoms with Gasteiger partial charge in [-0.05, 0) is 49.8 Å². The van der Waals surface area contributed by atoms with Crippen molar-refractivity contribution in [2.24, 2.45) is 5.92 Å². The molecule has 0 saturated carbocycles. The van der Waals surface area contributed by atoms with E-state index in [1.54, 1.807) is 6.07 Å². The van der Waals surface area contributed by atoms with Gasteiger partial charge in [0.1, 0.15) is 11.7 Å². The van der Waals surface area contributed by atoms with Gasteiger partial charge >= 0.3 is 0 Å². The third-order valence-electron chi connectivity index (χ3n) is 7.66. The van der Waals surface area contributed by atoms with E-state index >= 15 is 0 Å². The number of hydrogen-bond acceptors (Lipinski definition) is 5. The zero-order valence-electron chi connectivity index (χ0n) is 22.2. The minimum atomic E-state index is -1.19. The summed E-state index contributed by atoms with van der Waals surface area (Å²) in [6.07, 6.45) is 2.46. The number of aromatic nitrogens is 1. The molecule has 2 fully saturated rings. The number of H-pyrrole nitrogens is 1. The van der Waals surface area contributed by atoms with E-state index in [9.17, 15) is 24.0 Å². The van der Waals surface area contributed by atoms with E-state index in [0.29, 0.717) is 31.6 Å². The fraction of sp³-hybridized carbons (Fsp3) is 0.367. The summed E-state index contributed by atoms with van der Waals surface area (Å²) in [5, 5.41) is 8.99. The minimum Gasteiger partial charge on any atom is -0.356 e. The van der Waals surface area contributed by atoms with Crippen molar-refractivity contribution >= 4 is 40.3 Å². The first-order valence-corrected chi connectivity index (χ1v) is 13.7. The summed E-state index contributed by atoms with van der Waals surface area (Å²) in [4.78, 5) is 70.1. The largest absolute Gasteiger partial charge is 0.356 e. The summed E-state index contributed by atoms with van der Waals surface area (Å²) in [6.45, 7) is 1.03. The van der Waals surface area contributed by atoms with Gasteiger partial charge in [0, 0.05) is 36.5 Å². The number of nitrogens with one attached hydrogen (secondary N) is 4. The summed E-state index contributed by atoms with van der Waals surface area (Å²) in [5.74, 6) is -3.14. The van der Waals surface area contributed by atoms with Crippen molar-refractivity contribution in [1.29, 1.82) is 0 Å². The van der Waals surface area contributed by atoms with Crippen LogP contribution >= 0.6 is 0 Å². The SMILES string of the molecule is O=C(NCc1ccccc1)C(=O)[C@H](C[C@@H]1CCNC1=O)NC(=O)[C@@H]1CCCCN1C(=O)c1cc2ccccc2[nH]1. The van der Waals surface area contributed by atoms with Gasteiger partial charge in [-0.2, -0.15) is 0 Å². The predicted molar refractivity (Wildman–Crippen MR) is 148 cm³/mol. The number of benzene rings is 2. The van der Waals surface area contributed by atoms with Crippen LogP contribution in [-0.2, 0) is 25.7 Å². The van der Waals surface area contributed by atoms with Crippen LogP contribution < -0.4 is 16.0 Å². The lowest BCUT2D eigenvalue weighted by molar-refractivity contribution is -0.141. The Morgan fingerprint density at radius 3 is 2.50 bits per heavy atom. The molecule has 3 atom stereocenters. The molecule has 0 spiro atoms. The molecule has 0 aliphatic carbocycles. The molecule has 10 heteroatoms. The molecule has 208 valence electrons. The number of fused-ring (bicyclic) bond motifs is 1. The molecule has 4 N–H and O–H groups in total. The maximum absolute atomic E-state index is 13.6. The van der Waals surface area contributed by atoms with E-state index < -0.39 is 35.6 Å². The number of carbonyl (C=O) groups is 5. The summed E-state index contributed by atoms with van der Waals surface area (Å²) in [7, 11) is 0. The average Bonchev–Trinajstić information content (AvgIpc) is 3.61. The Balaban J connectivity index is 1.31. The quantitative estimate of drug-likeness (QED) is 0.306. The van der Waals surface area contributed by atoms with E-state index in [-0.39, 0.29) is 24.8 Å². The number of piperidine rings is 1. The molecule has 0 bridgehead atoms. The zero-order chi connectivity index (χ0) is 28.1. The van der Waals surface area contributed by atoms with Gasteiger partial charge in [0.25, 0.3) is 11.8 Å². The van der Waals surface area contributed by atoms with Crippen molar-refractivity contribution in [3.8, 4) is 0 Å². The molecule has 2 saturated heterocycles. The van der Waals surface area contributed by atoms with Crippen LogP contribution in [0.1, 0.15) is 48.2 Å². The molecule has 5 rings (SSSR count). The Morgan fingerprint density at radius 1 is 0.975 bits per heavy atom. The third-order valence-corrected chi connectivity index (χ3v) is 7.66.